The molecule has 1 fully saturated rings. The molecule has 0 saturated carbocycles. The third-order valence-corrected chi connectivity index (χ3v) is 4.79. The molecule has 0 aliphatic carbocycles. The maximum atomic E-state index is 11.2. The van der Waals surface area contributed by atoms with Crippen molar-refractivity contribution in [3.05, 3.63) is 16.1 Å². The fourth-order valence-corrected chi connectivity index (χ4v) is 3.55. The van der Waals surface area contributed by atoms with Gasteiger partial charge in [-0.1, -0.05) is 0 Å². The lowest BCUT2D eigenvalue weighted by Gasteiger charge is -2.42. The zero-order valence-electron chi connectivity index (χ0n) is 11.1. The molecule has 0 bridgehead atoms. The highest BCUT2D eigenvalue weighted by Gasteiger charge is 2.36. The van der Waals surface area contributed by atoms with Gasteiger partial charge in [-0.05, 0) is 33.6 Å². The van der Waals surface area contributed by atoms with Gasteiger partial charge < -0.3 is 5.11 Å². The molecular formula is C13H20N2O2S. The van der Waals surface area contributed by atoms with Crippen molar-refractivity contribution in [2.45, 2.75) is 52.2 Å². The van der Waals surface area contributed by atoms with Crippen LogP contribution in [0.25, 0.3) is 0 Å². The number of carbonyl (C=O) groups is 1. The van der Waals surface area contributed by atoms with Crippen molar-refractivity contribution in [2.75, 3.05) is 0 Å². The Morgan fingerprint density at radius 3 is 2.83 bits per heavy atom. The highest BCUT2D eigenvalue weighted by molar-refractivity contribution is 7.11. The van der Waals surface area contributed by atoms with Crippen LogP contribution in [0.5, 0.6) is 0 Å². The average molecular weight is 268 g/mol. The summed E-state index contributed by atoms with van der Waals surface area (Å²) in [7, 11) is 0. The second-order valence-corrected chi connectivity index (χ2v) is 6.45. The van der Waals surface area contributed by atoms with Crippen molar-refractivity contribution in [3.8, 4) is 0 Å². The van der Waals surface area contributed by atoms with Crippen LogP contribution in [0.4, 0.5) is 0 Å². The first kappa shape index (κ1) is 13.5. The Labute approximate surface area is 112 Å². The van der Waals surface area contributed by atoms with Gasteiger partial charge in [-0.25, -0.2) is 4.98 Å². The minimum Gasteiger partial charge on any atom is -0.481 e. The van der Waals surface area contributed by atoms with E-state index < -0.39 is 5.97 Å². The first-order valence-electron chi connectivity index (χ1n) is 6.39. The van der Waals surface area contributed by atoms with Crippen LogP contribution in [0.1, 0.15) is 36.6 Å². The van der Waals surface area contributed by atoms with E-state index in [9.17, 15) is 9.90 Å². The minimum atomic E-state index is -0.667. The van der Waals surface area contributed by atoms with Gasteiger partial charge in [0.05, 0.1) is 10.9 Å². The Hall–Kier alpha value is -0.940. The number of aryl methyl sites for hydroxylation is 1. The Morgan fingerprint density at radius 2 is 2.28 bits per heavy atom. The molecule has 0 radical (unpaired) electrons. The molecule has 100 valence electrons. The van der Waals surface area contributed by atoms with E-state index in [0.717, 1.165) is 24.4 Å². The molecule has 3 atom stereocenters. The third-order valence-electron chi connectivity index (χ3n) is 3.89. The Morgan fingerprint density at radius 1 is 1.56 bits per heavy atom. The molecule has 5 heteroatoms. The summed E-state index contributed by atoms with van der Waals surface area (Å²) < 4.78 is 0. The number of rotatable bonds is 3. The van der Waals surface area contributed by atoms with Crippen LogP contribution < -0.4 is 0 Å². The molecule has 1 aromatic rings. The summed E-state index contributed by atoms with van der Waals surface area (Å²) in [4.78, 5) is 19.0. The van der Waals surface area contributed by atoms with Crippen LogP contribution in [-0.2, 0) is 11.3 Å². The van der Waals surface area contributed by atoms with Gasteiger partial charge in [-0.15, -0.1) is 11.3 Å². The normalized spacial score (nSPS) is 29.4. The van der Waals surface area contributed by atoms with E-state index in [1.807, 2.05) is 20.0 Å². The summed E-state index contributed by atoms with van der Waals surface area (Å²) in [6.45, 7) is 7.03. The van der Waals surface area contributed by atoms with E-state index in [1.54, 1.807) is 11.3 Å². The molecule has 1 N–H and O–H groups in total. The zero-order chi connectivity index (χ0) is 13.3. The fraction of sp³-hybridized carbons (Fsp3) is 0.692. The molecule has 4 nitrogen and oxygen atoms in total. The molecule has 2 rings (SSSR count). The molecule has 1 aliphatic heterocycles. The topological polar surface area (TPSA) is 53.4 Å². The first-order valence-corrected chi connectivity index (χ1v) is 7.20. The number of nitrogens with zero attached hydrogens (tertiary/aromatic N) is 2. The Kier molecular flexibility index (Phi) is 4.02. The molecular weight excluding hydrogens is 248 g/mol. The van der Waals surface area contributed by atoms with E-state index in [-0.39, 0.29) is 12.0 Å². The standard InChI is InChI=1S/C13H20N2O2S/c1-8-4-5-12(13(16)17)9(2)15(8)7-11-6-14-10(3)18-11/h6,8-9,12H,4-5,7H2,1-3H3,(H,16,17). The average Bonchev–Trinajstić information content (AvgIpc) is 2.69. The summed E-state index contributed by atoms with van der Waals surface area (Å²) in [5.74, 6) is -0.907. The molecule has 0 aromatic carbocycles. The molecule has 0 spiro atoms. The maximum absolute atomic E-state index is 11.2. The monoisotopic (exact) mass is 268 g/mol. The van der Waals surface area contributed by atoms with Crippen LogP contribution in [0.3, 0.4) is 0 Å². The van der Waals surface area contributed by atoms with Gasteiger partial charge in [0.15, 0.2) is 0 Å². The Bertz CT molecular complexity index is 432. The van der Waals surface area contributed by atoms with Crippen molar-refractivity contribution in [1.82, 2.24) is 9.88 Å². The van der Waals surface area contributed by atoms with Gasteiger partial charge in [0, 0.05) is 29.7 Å². The SMILES string of the molecule is Cc1ncc(CN2C(C)CCC(C(=O)O)C2C)s1. The van der Waals surface area contributed by atoms with Gasteiger partial charge in [-0.2, -0.15) is 0 Å². The van der Waals surface area contributed by atoms with E-state index in [1.165, 1.54) is 4.88 Å². The lowest BCUT2D eigenvalue weighted by molar-refractivity contribution is -0.146. The number of aromatic nitrogens is 1. The number of hydrogen-bond donors (Lipinski definition) is 1. The summed E-state index contributed by atoms with van der Waals surface area (Å²) >= 11 is 1.69. The second kappa shape index (κ2) is 5.36. The lowest BCUT2D eigenvalue weighted by atomic mass is 9.87. The number of likely N-dealkylation sites (tertiary alicyclic amines) is 1. The Balaban J connectivity index is 2.11. The molecule has 2 heterocycles. The van der Waals surface area contributed by atoms with Crippen LogP contribution in [0.2, 0.25) is 0 Å². The molecule has 1 aliphatic rings. The highest BCUT2D eigenvalue weighted by Crippen LogP contribution is 2.30. The van der Waals surface area contributed by atoms with Crippen molar-refractivity contribution >= 4 is 17.3 Å². The van der Waals surface area contributed by atoms with Gasteiger partial charge >= 0.3 is 5.97 Å². The van der Waals surface area contributed by atoms with Crippen molar-refractivity contribution < 1.29 is 9.90 Å². The zero-order valence-corrected chi connectivity index (χ0v) is 11.9. The number of thiazole rings is 1. The van der Waals surface area contributed by atoms with Crippen LogP contribution in [0.15, 0.2) is 6.20 Å². The third kappa shape index (κ3) is 2.72. The molecule has 1 saturated heterocycles. The molecule has 1 aromatic heterocycles. The number of carboxylic acids is 1. The van der Waals surface area contributed by atoms with E-state index in [4.69, 9.17) is 0 Å². The number of carboxylic acid groups (broad SMARTS) is 1. The summed E-state index contributed by atoms with van der Waals surface area (Å²) in [5.41, 5.74) is 0. The van der Waals surface area contributed by atoms with Gasteiger partial charge in [0.1, 0.15) is 0 Å². The van der Waals surface area contributed by atoms with Gasteiger partial charge in [0.2, 0.25) is 0 Å². The molecule has 3 unspecified atom stereocenters. The van der Waals surface area contributed by atoms with E-state index in [2.05, 4.69) is 16.8 Å². The maximum Gasteiger partial charge on any atom is 0.308 e. The van der Waals surface area contributed by atoms with Crippen LogP contribution in [-0.4, -0.2) is 33.0 Å². The van der Waals surface area contributed by atoms with Crippen molar-refractivity contribution in [3.63, 3.8) is 0 Å². The quantitative estimate of drug-likeness (QED) is 0.915. The minimum absolute atomic E-state index is 0.0913. The number of aliphatic carboxylic acids is 1. The predicted octanol–water partition coefficient (Wildman–Crippen LogP) is 2.53. The van der Waals surface area contributed by atoms with E-state index in [0.29, 0.717) is 6.04 Å². The lowest BCUT2D eigenvalue weighted by Crippen LogP contribution is -2.49. The first-order chi connectivity index (χ1) is 8.49. The second-order valence-electron chi connectivity index (χ2n) is 5.13. The van der Waals surface area contributed by atoms with Crippen LogP contribution in [0, 0.1) is 12.8 Å². The molecule has 18 heavy (non-hydrogen) atoms. The summed E-state index contributed by atoms with van der Waals surface area (Å²) in [6.07, 6.45) is 3.65. The largest absolute Gasteiger partial charge is 0.481 e. The van der Waals surface area contributed by atoms with Gasteiger partial charge in [0.25, 0.3) is 0 Å². The van der Waals surface area contributed by atoms with Crippen molar-refractivity contribution in [2.24, 2.45) is 5.92 Å². The predicted molar refractivity (Wildman–Crippen MR) is 71.7 cm³/mol. The number of hydrogen-bond acceptors (Lipinski definition) is 4. The molecule has 0 amide bonds. The highest BCUT2D eigenvalue weighted by atomic mass is 32.1. The summed E-state index contributed by atoms with van der Waals surface area (Å²) in [5, 5.41) is 10.3. The summed E-state index contributed by atoms with van der Waals surface area (Å²) in [6, 6.07) is 0.534. The van der Waals surface area contributed by atoms with Crippen LogP contribution >= 0.6 is 11.3 Å². The fourth-order valence-electron chi connectivity index (χ4n) is 2.75. The smallest absolute Gasteiger partial charge is 0.308 e. The van der Waals surface area contributed by atoms with Crippen molar-refractivity contribution in [1.29, 1.82) is 0 Å². The number of piperidine rings is 1. The van der Waals surface area contributed by atoms with E-state index >= 15 is 0 Å². The van der Waals surface area contributed by atoms with Gasteiger partial charge in [-0.3, -0.25) is 9.69 Å².